The van der Waals surface area contributed by atoms with Crippen LogP contribution in [0.25, 0.3) is 0 Å². The SMILES string of the molecule is CC(C)[C@@H]1CC[C@@H](C)C[C@H]1C(=O)NC1C=C(F)C=CC1. The minimum atomic E-state index is -0.251. The second-order valence-corrected chi connectivity index (χ2v) is 6.74. The van der Waals surface area contributed by atoms with Crippen LogP contribution in [-0.4, -0.2) is 11.9 Å². The van der Waals surface area contributed by atoms with Crippen LogP contribution in [0.5, 0.6) is 0 Å². The Morgan fingerprint density at radius 2 is 2.15 bits per heavy atom. The molecule has 1 unspecified atom stereocenters. The lowest BCUT2D eigenvalue weighted by molar-refractivity contribution is -0.129. The lowest BCUT2D eigenvalue weighted by Gasteiger charge is -2.37. The fourth-order valence-electron chi connectivity index (χ4n) is 3.54. The molecular weight excluding hydrogens is 253 g/mol. The molecule has 0 saturated heterocycles. The van der Waals surface area contributed by atoms with Gasteiger partial charge >= 0.3 is 0 Å². The average molecular weight is 279 g/mol. The van der Waals surface area contributed by atoms with Gasteiger partial charge in [-0.3, -0.25) is 4.79 Å². The van der Waals surface area contributed by atoms with Gasteiger partial charge in [0.2, 0.25) is 5.91 Å². The molecule has 112 valence electrons. The van der Waals surface area contributed by atoms with E-state index >= 15 is 0 Å². The summed E-state index contributed by atoms with van der Waals surface area (Å²) in [6.07, 6.45) is 8.75. The number of halogens is 1. The Morgan fingerprint density at radius 1 is 1.40 bits per heavy atom. The maximum atomic E-state index is 13.2. The van der Waals surface area contributed by atoms with Gasteiger partial charge in [0.1, 0.15) is 5.83 Å². The Morgan fingerprint density at radius 3 is 2.80 bits per heavy atom. The first-order chi connectivity index (χ1) is 9.47. The van der Waals surface area contributed by atoms with E-state index in [-0.39, 0.29) is 23.7 Å². The van der Waals surface area contributed by atoms with Gasteiger partial charge in [-0.2, -0.15) is 0 Å². The van der Waals surface area contributed by atoms with E-state index in [0.717, 1.165) is 12.8 Å². The van der Waals surface area contributed by atoms with E-state index in [0.29, 0.717) is 24.2 Å². The van der Waals surface area contributed by atoms with Gasteiger partial charge in [0.15, 0.2) is 0 Å². The smallest absolute Gasteiger partial charge is 0.223 e. The van der Waals surface area contributed by atoms with E-state index in [1.807, 2.05) is 0 Å². The zero-order chi connectivity index (χ0) is 14.7. The molecule has 2 aliphatic carbocycles. The molecule has 0 bridgehead atoms. The van der Waals surface area contributed by atoms with Crippen LogP contribution < -0.4 is 5.32 Å². The predicted molar refractivity (Wildman–Crippen MR) is 79.7 cm³/mol. The van der Waals surface area contributed by atoms with Crippen molar-refractivity contribution in [1.29, 1.82) is 0 Å². The summed E-state index contributed by atoms with van der Waals surface area (Å²) in [6, 6.07) is -0.183. The fraction of sp³-hybridized carbons (Fsp3) is 0.706. The van der Waals surface area contributed by atoms with Gasteiger partial charge in [-0.1, -0.05) is 33.3 Å². The number of nitrogens with one attached hydrogen (secondary N) is 1. The maximum absolute atomic E-state index is 13.2. The van der Waals surface area contributed by atoms with Crippen LogP contribution in [0.15, 0.2) is 24.1 Å². The van der Waals surface area contributed by atoms with Gasteiger partial charge in [0, 0.05) is 5.92 Å². The third-order valence-corrected chi connectivity index (χ3v) is 4.71. The zero-order valence-corrected chi connectivity index (χ0v) is 12.7. The fourth-order valence-corrected chi connectivity index (χ4v) is 3.54. The Hall–Kier alpha value is -1.12. The summed E-state index contributed by atoms with van der Waals surface area (Å²) >= 11 is 0. The quantitative estimate of drug-likeness (QED) is 0.831. The number of amides is 1. The molecule has 0 aliphatic heterocycles. The van der Waals surface area contributed by atoms with Crippen molar-refractivity contribution in [2.24, 2.45) is 23.7 Å². The molecule has 0 aromatic rings. The Balaban J connectivity index is 2.00. The highest BCUT2D eigenvalue weighted by Crippen LogP contribution is 2.38. The third-order valence-electron chi connectivity index (χ3n) is 4.71. The summed E-state index contributed by atoms with van der Waals surface area (Å²) < 4.78 is 13.2. The molecule has 2 aliphatic rings. The summed E-state index contributed by atoms with van der Waals surface area (Å²) in [5.41, 5.74) is 0. The first-order valence-electron chi connectivity index (χ1n) is 7.81. The number of hydrogen-bond acceptors (Lipinski definition) is 1. The standard InChI is InChI=1S/C17H26FNO/c1-11(2)15-8-7-12(3)9-16(15)17(20)19-14-6-4-5-13(18)10-14/h4-5,10-12,14-16H,6-9H2,1-3H3,(H,19,20)/t12-,14?,15+,16-/m1/s1. The molecular formula is C17H26FNO. The summed E-state index contributed by atoms with van der Waals surface area (Å²) in [5.74, 6) is 1.54. The second kappa shape index (κ2) is 6.55. The van der Waals surface area contributed by atoms with Crippen molar-refractivity contribution in [1.82, 2.24) is 5.32 Å². The largest absolute Gasteiger partial charge is 0.349 e. The van der Waals surface area contributed by atoms with Crippen LogP contribution in [0.1, 0.15) is 46.5 Å². The van der Waals surface area contributed by atoms with Gasteiger partial charge in [-0.05, 0) is 49.2 Å². The molecule has 0 aromatic carbocycles. The second-order valence-electron chi connectivity index (χ2n) is 6.74. The van der Waals surface area contributed by atoms with E-state index in [9.17, 15) is 9.18 Å². The van der Waals surface area contributed by atoms with Crippen LogP contribution in [0.2, 0.25) is 0 Å². The molecule has 0 aromatic heterocycles. The van der Waals surface area contributed by atoms with Gasteiger partial charge in [0.05, 0.1) is 6.04 Å². The molecule has 1 amide bonds. The van der Waals surface area contributed by atoms with E-state index in [2.05, 4.69) is 26.1 Å². The Bertz CT molecular complexity index is 413. The van der Waals surface area contributed by atoms with Crippen LogP contribution in [0.3, 0.4) is 0 Å². The molecule has 4 atom stereocenters. The highest BCUT2D eigenvalue weighted by atomic mass is 19.1. The van der Waals surface area contributed by atoms with E-state index in [1.165, 1.54) is 18.6 Å². The average Bonchev–Trinajstić information content (AvgIpc) is 2.38. The molecule has 0 radical (unpaired) electrons. The predicted octanol–water partition coefficient (Wildman–Crippen LogP) is 3.99. The van der Waals surface area contributed by atoms with Crippen molar-refractivity contribution in [2.75, 3.05) is 0 Å². The Labute approximate surface area is 121 Å². The summed E-state index contributed by atoms with van der Waals surface area (Å²) in [4.78, 5) is 12.5. The van der Waals surface area contributed by atoms with Gasteiger partial charge < -0.3 is 5.32 Å². The van der Waals surface area contributed by atoms with Crippen LogP contribution >= 0.6 is 0 Å². The van der Waals surface area contributed by atoms with Crippen molar-refractivity contribution in [3.8, 4) is 0 Å². The van der Waals surface area contributed by atoms with Crippen molar-refractivity contribution in [3.05, 3.63) is 24.1 Å². The number of carbonyl (C=O) groups is 1. The molecule has 0 spiro atoms. The highest BCUT2D eigenvalue weighted by Gasteiger charge is 2.35. The summed E-state index contributed by atoms with van der Waals surface area (Å²) in [5, 5.41) is 3.02. The number of hydrogen-bond donors (Lipinski definition) is 1. The van der Waals surface area contributed by atoms with Gasteiger partial charge in [0.25, 0.3) is 0 Å². The number of allylic oxidation sites excluding steroid dienone is 2. The summed E-state index contributed by atoms with van der Waals surface area (Å²) in [7, 11) is 0. The molecule has 0 heterocycles. The first kappa shape index (κ1) is 15.3. The van der Waals surface area contributed by atoms with E-state index < -0.39 is 0 Å². The highest BCUT2D eigenvalue weighted by molar-refractivity contribution is 5.79. The van der Waals surface area contributed by atoms with Crippen molar-refractivity contribution < 1.29 is 9.18 Å². The van der Waals surface area contributed by atoms with Crippen molar-refractivity contribution >= 4 is 5.91 Å². The van der Waals surface area contributed by atoms with Gasteiger partial charge in [-0.15, -0.1) is 0 Å². The monoisotopic (exact) mass is 279 g/mol. The molecule has 1 fully saturated rings. The number of carbonyl (C=O) groups excluding carboxylic acids is 1. The molecule has 2 rings (SSSR count). The van der Waals surface area contributed by atoms with E-state index in [4.69, 9.17) is 0 Å². The molecule has 2 nitrogen and oxygen atoms in total. The minimum Gasteiger partial charge on any atom is -0.349 e. The lowest BCUT2D eigenvalue weighted by Crippen LogP contribution is -2.44. The molecule has 3 heteroatoms. The molecule has 1 saturated carbocycles. The van der Waals surface area contributed by atoms with Crippen molar-refractivity contribution in [3.63, 3.8) is 0 Å². The summed E-state index contributed by atoms with van der Waals surface area (Å²) in [6.45, 7) is 6.62. The van der Waals surface area contributed by atoms with E-state index in [1.54, 1.807) is 6.08 Å². The van der Waals surface area contributed by atoms with Crippen LogP contribution in [0, 0.1) is 23.7 Å². The van der Waals surface area contributed by atoms with Crippen LogP contribution in [0.4, 0.5) is 4.39 Å². The number of rotatable bonds is 3. The van der Waals surface area contributed by atoms with Crippen molar-refractivity contribution in [2.45, 2.75) is 52.5 Å². The maximum Gasteiger partial charge on any atom is 0.223 e. The molecule has 20 heavy (non-hydrogen) atoms. The lowest BCUT2D eigenvalue weighted by atomic mass is 9.69. The molecule has 1 N–H and O–H groups in total. The first-order valence-corrected chi connectivity index (χ1v) is 7.81. The van der Waals surface area contributed by atoms with Gasteiger partial charge in [-0.25, -0.2) is 4.39 Å². The van der Waals surface area contributed by atoms with Crippen LogP contribution in [-0.2, 0) is 4.79 Å². The normalized spacial score (nSPS) is 34.0. The topological polar surface area (TPSA) is 29.1 Å². The third kappa shape index (κ3) is 3.71. The Kier molecular flexibility index (Phi) is 5.00. The zero-order valence-electron chi connectivity index (χ0n) is 12.7. The minimum absolute atomic E-state index is 0.0844.